The molecule has 0 aliphatic carbocycles. The largest absolute Gasteiger partial charge is 0.456 e. The second-order valence-electron chi connectivity index (χ2n) is 7.63. The summed E-state index contributed by atoms with van der Waals surface area (Å²) < 4.78 is 12.8. The molecule has 3 nitrogen and oxygen atoms in total. The topological polar surface area (TPSA) is 35.3 Å². The Bertz CT molecular complexity index is 1640. The average molecular weight is 373 g/mol. The lowest BCUT2D eigenvalue weighted by Gasteiger charge is -2.23. The van der Waals surface area contributed by atoms with E-state index in [0.717, 1.165) is 61.0 Å². The summed E-state index contributed by atoms with van der Waals surface area (Å²) in [4.78, 5) is 4.77. The SMILES string of the molecule is Cc1c2c(cc3ccccc13)-c1nccc3c1c(cc1c4ccccc4oc31)O2. The van der Waals surface area contributed by atoms with E-state index < -0.39 is 0 Å². The Morgan fingerprint density at radius 2 is 1.62 bits per heavy atom. The molecular weight excluding hydrogens is 358 g/mol. The summed E-state index contributed by atoms with van der Waals surface area (Å²) in [6, 6.07) is 22.9. The summed E-state index contributed by atoms with van der Waals surface area (Å²) in [6.07, 6.45) is 1.87. The van der Waals surface area contributed by atoms with Gasteiger partial charge in [0.05, 0.1) is 11.1 Å². The zero-order valence-electron chi connectivity index (χ0n) is 15.7. The van der Waals surface area contributed by atoms with Gasteiger partial charge in [0.1, 0.15) is 22.7 Å². The van der Waals surface area contributed by atoms with Gasteiger partial charge < -0.3 is 9.15 Å². The Hall–Kier alpha value is -3.85. The van der Waals surface area contributed by atoms with E-state index >= 15 is 0 Å². The number of hydrogen-bond donors (Lipinski definition) is 0. The number of fused-ring (bicyclic) bond motifs is 7. The highest BCUT2D eigenvalue weighted by atomic mass is 16.5. The van der Waals surface area contributed by atoms with Crippen LogP contribution in [0.5, 0.6) is 11.5 Å². The molecule has 1 aliphatic heterocycles. The fraction of sp³-hybridized carbons (Fsp3) is 0.0385. The molecule has 0 saturated heterocycles. The number of ether oxygens (including phenoxy) is 1. The third-order valence-corrected chi connectivity index (χ3v) is 6.07. The van der Waals surface area contributed by atoms with Crippen LogP contribution in [0.4, 0.5) is 0 Å². The molecule has 136 valence electrons. The van der Waals surface area contributed by atoms with Crippen LogP contribution in [-0.4, -0.2) is 4.98 Å². The van der Waals surface area contributed by atoms with Crippen molar-refractivity contribution in [2.75, 3.05) is 0 Å². The average Bonchev–Trinajstić information content (AvgIpc) is 3.14. The molecule has 0 unspecified atom stereocenters. The summed E-state index contributed by atoms with van der Waals surface area (Å²) in [7, 11) is 0. The van der Waals surface area contributed by atoms with Crippen LogP contribution in [0.3, 0.4) is 0 Å². The van der Waals surface area contributed by atoms with E-state index in [4.69, 9.17) is 14.1 Å². The number of para-hydroxylation sites is 1. The van der Waals surface area contributed by atoms with Crippen molar-refractivity contribution in [1.29, 1.82) is 0 Å². The van der Waals surface area contributed by atoms with Crippen molar-refractivity contribution >= 4 is 43.5 Å². The van der Waals surface area contributed by atoms with Crippen LogP contribution in [0.25, 0.3) is 54.7 Å². The summed E-state index contributed by atoms with van der Waals surface area (Å²) in [6.45, 7) is 2.12. The molecule has 0 N–H and O–H groups in total. The number of nitrogens with zero attached hydrogens (tertiary/aromatic N) is 1. The second-order valence-corrected chi connectivity index (χ2v) is 7.63. The number of aryl methyl sites for hydroxylation is 1. The fourth-order valence-electron chi connectivity index (χ4n) is 4.72. The van der Waals surface area contributed by atoms with Crippen molar-refractivity contribution in [2.24, 2.45) is 0 Å². The minimum Gasteiger partial charge on any atom is -0.456 e. The first-order valence-electron chi connectivity index (χ1n) is 9.73. The summed E-state index contributed by atoms with van der Waals surface area (Å²) in [5.41, 5.74) is 4.90. The van der Waals surface area contributed by atoms with Crippen molar-refractivity contribution < 1.29 is 9.15 Å². The molecule has 0 spiro atoms. The molecule has 0 saturated carbocycles. The van der Waals surface area contributed by atoms with Gasteiger partial charge in [-0.25, -0.2) is 0 Å². The van der Waals surface area contributed by atoms with Gasteiger partial charge in [0, 0.05) is 33.5 Å². The van der Waals surface area contributed by atoms with Gasteiger partial charge in [-0.2, -0.15) is 0 Å². The molecule has 7 rings (SSSR count). The smallest absolute Gasteiger partial charge is 0.143 e. The van der Waals surface area contributed by atoms with Crippen molar-refractivity contribution in [3.63, 3.8) is 0 Å². The predicted octanol–water partition coefficient (Wildman–Crippen LogP) is 7.37. The van der Waals surface area contributed by atoms with Crippen LogP contribution in [0.1, 0.15) is 5.56 Å². The minimum absolute atomic E-state index is 0.841. The van der Waals surface area contributed by atoms with E-state index in [1.165, 1.54) is 10.8 Å². The van der Waals surface area contributed by atoms with E-state index in [2.05, 4.69) is 49.4 Å². The highest BCUT2D eigenvalue weighted by molar-refractivity contribution is 6.20. The lowest BCUT2D eigenvalue weighted by Crippen LogP contribution is -2.01. The highest BCUT2D eigenvalue weighted by Gasteiger charge is 2.26. The first kappa shape index (κ1) is 15.1. The van der Waals surface area contributed by atoms with E-state index in [0.29, 0.717) is 0 Å². The lowest BCUT2D eigenvalue weighted by molar-refractivity contribution is 0.484. The number of rotatable bonds is 0. The Morgan fingerprint density at radius 1 is 0.793 bits per heavy atom. The number of furan rings is 1. The van der Waals surface area contributed by atoms with Crippen molar-refractivity contribution in [3.05, 3.63) is 78.5 Å². The Morgan fingerprint density at radius 3 is 2.55 bits per heavy atom. The molecule has 3 heteroatoms. The number of pyridine rings is 1. The maximum absolute atomic E-state index is 6.53. The van der Waals surface area contributed by atoms with Crippen LogP contribution in [-0.2, 0) is 0 Å². The van der Waals surface area contributed by atoms with Gasteiger partial charge in [-0.3, -0.25) is 4.98 Å². The molecule has 0 radical (unpaired) electrons. The van der Waals surface area contributed by atoms with Crippen LogP contribution >= 0.6 is 0 Å². The molecule has 2 aromatic heterocycles. The monoisotopic (exact) mass is 373 g/mol. The first-order chi connectivity index (χ1) is 14.3. The van der Waals surface area contributed by atoms with E-state index in [-0.39, 0.29) is 0 Å². The molecule has 0 atom stereocenters. The van der Waals surface area contributed by atoms with Gasteiger partial charge in [-0.15, -0.1) is 0 Å². The van der Waals surface area contributed by atoms with Crippen molar-refractivity contribution in [3.8, 4) is 22.8 Å². The van der Waals surface area contributed by atoms with Gasteiger partial charge in [0.2, 0.25) is 0 Å². The molecule has 3 heterocycles. The molecule has 1 aliphatic rings. The van der Waals surface area contributed by atoms with Gasteiger partial charge in [-0.1, -0.05) is 42.5 Å². The third kappa shape index (κ3) is 1.84. The maximum Gasteiger partial charge on any atom is 0.143 e. The molecular formula is C26H15NO2. The van der Waals surface area contributed by atoms with E-state index in [1.807, 2.05) is 30.5 Å². The first-order valence-corrected chi connectivity index (χ1v) is 9.73. The second kappa shape index (κ2) is 5.15. The van der Waals surface area contributed by atoms with Crippen molar-refractivity contribution in [2.45, 2.75) is 6.92 Å². The van der Waals surface area contributed by atoms with E-state index in [9.17, 15) is 0 Å². The molecule has 0 amide bonds. The van der Waals surface area contributed by atoms with Crippen LogP contribution < -0.4 is 4.74 Å². The number of hydrogen-bond acceptors (Lipinski definition) is 3. The standard InChI is InChI=1S/C26H15NO2/c1-14-16-7-3-2-6-15(16)12-20-24-23-18(10-11-27-24)26-19(13-22(23)29-25(14)20)17-8-4-5-9-21(17)28-26/h2-13H,1H3. The van der Waals surface area contributed by atoms with Crippen LogP contribution in [0.15, 0.2) is 77.3 Å². The quantitative estimate of drug-likeness (QED) is 0.278. The predicted molar refractivity (Wildman–Crippen MR) is 117 cm³/mol. The Kier molecular flexibility index (Phi) is 2.68. The lowest BCUT2D eigenvalue weighted by atomic mass is 9.93. The molecule has 4 aromatic carbocycles. The van der Waals surface area contributed by atoms with Crippen LogP contribution in [0.2, 0.25) is 0 Å². The minimum atomic E-state index is 0.841. The van der Waals surface area contributed by atoms with E-state index in [1.54, 1.807) is 0 Å². The van der Waals surface area contributed by atoms with Crippen molar-refractivity contribution in [1.82, 2.24) is 4.98 Å². The highest BCUT2D eigenvalue weighted by Crippen LogP contribution is 2.51. The molecule has 0 bridgehead atoms. The fourth-order valence-corrected chi connectivity index (χ4v) is 4.72. The molecule has 0 fully saturated rings. The Labute approximate surface area is 166 Å². The van der Waals surface area contributed by atoms with Gasteiger partial charge in [0.25, 0.3) is 0 Å². The Balaban J connectivity index is 1.68. The molecule has 6 aromatic rings. The van der Waals surface area contributed by atoms with Gasteiger partial charge >= 0.3 is 0 Å². The van der Waals surface area contributed by atoms with Gasteiger partial charge in [0.15, 0.2) is 0 Å². The third-order valence-electron chi connectivity index (χ3n) is 6.07. The molecule has 29 heavy (non-hydrogen) atoms. The summed E-state index contributed by atoms with van der Waals surface area (Å²) in [5.74, 6) is 1.73. The normalized spacial score (nSPS) is 12.6. The zero-order chi connectivity index (χ0) is 19.1. The maximum atomic E-state index is 6.53. The summed E-state index contributed by atoms with van der Waals surface area (Å²) in [5, 5.41) is 6.62. The summed E-state index contributed by atoms with van der Waals surface area (Å²) >= 11 is 0. The number of benzene rings is 4. The van der Waals surface area contributed by atoms with Crippen LogP contribution in [0, 0.1) is 6.92 Å². The van der Waals surface area contributed by atoms with Gasteiger partial charge in [-0.05, 0) is 42.0 Å². The number of aromatic nitrogens is 1. The zero-order valence-corrected chi connectivity index (χ0v) is 15.7.